The predicted octanol–water partition coefficient (Wildman–Crippen LogP) is 2.47. The third kappa shape index (κ3) is 3.73. The molecule has 0 bridgehead atoms. The maximum atomic E-state index is 12.2. The first-order chi connectivity index (χ1) is 9.53. The minimum atomic E-state index is -0.354. The molecule has 1 aliphatic rings. The topological polar surface area (TPSA) is 68.3 Å². The van der Waals surface area contributed by atoms with E-state index in [1.807, 2.05) is 6.92 Å². The second-order valence-corrected chi connectivity index (χ2v) is 7.22. The monoisotopic (exact) mass is 314 g/mol. The SMILES string of the molecule is CCOC(=O)Cc1csc(NC(=O)C2(C)CCCS2)n1. The van der Waals surface area contributed by atoms with E-state index >= 15 is 0 Å². The summed E-state index contributed by atoms with van der Waals surface area (Å²) in [6, 6.07) is 0. The summed E-state index contributed by atoms with van der Waals surface area (Å²) in [7, 11) is 0. The maximum absolute atomic E-state index is 12.2. The number of hydrogen-bond acceptors (Lipinski definition) is 6. The highest BCUT2D eigenvalue weighted by molar-refractivity contribution is 8.01. The van der Waals surface area contributed by atoms with E-state index in [9.17, 15) is 9.59 Å². The molecule has 2 rings (SSSR count). The van der Waals surface area contributed by atoms with Gasteiger partial charge in [-0.1, -0.05) is 0 Å². The van der Waals surface area contributed by atoms with Crippen molar-refractivity contribution in [2.45, 2.75) is 37.9 Å². The molecule has 110 valence electrons. The molecule has 20 heavy (non-hydrogen) atoms. The molecule has 0 spiro atoms. The van der Waals surface area contributed by atoms with Crippen molar-refractivity contribution >= 4 is 40.1 Å². The highest BCUT2D eigenvalue weighted by atomic mass is 32.2. The van der Waals surface area contributed by atoms with Gasteiger partial charge in [0.25, 0.3) is 0 Å². The number of thioether (sulfide) groups is 1. The standard InChI is InChI=1S/C13H18N2O3S2/c1-3-18-10(16)7-9-8-19-12(14-9)15-11(17)13(2)5-4-6-20-13/h8H,3-7H2,1-2H3,(H,14,15,17). The lowest BCUT2D eigenvalue weighted by Crippen LogP contribution is -2.34. The van der Waals surface area contributed by atoms with E-state index in [0.29, 0.717) is 17.4 Å². The summed E-state index contributed by atoms with van der Waals surface area (Å²) in [6.07, 6.45) is 2.11. The van der Waals surface area contributed by atoms with Crippen LogP contribution in [0.5, 0.6) is 0 Å². The van der Waals surface area contributed by atoms with Crippen LogP contribution in [0.1, 0.15) is 32.4 Å². The first kappa shape index (κ1) is 15.3. The van der Waals surface area contributed by atoms with Crippen molar-refractivity contribution < 1.29 is 14.3 Å². The van der Waals surface area contributed by atoms with Crippen LogP contribution in [0.15, 0.2) is 5.38 Å². The highest BCUT2D eigenvalue weighted by Crippen LogP contribution is 2.38. The summed E-state index contributed by atoms with van der Waals surface area (Å²) in [6.45, 7) is 4.10. The number of amides is 1. The molecule has 2 heterocycles. The fourth-order valence-electron chi connectivity index (χ4n) is 1.99. The Balaban J connectivity index is 1.92. The normalized spacial score (nSPS) is 21.7. The first-order valence-corrected chi connectivity index (χ1v) is 8.45. The number of nitrogens with zero attached hydrogens (tertiary/aromatic N) is 1. The number of nitrogens with one attached hydrogen (secondary N) is 1. The Morgan fingerprint density at radius 2 is 2.35 bits per heavy atom. The van der Waals surface area contributed by atoms with Gasteiger partial charge >= 0.3 is 5.97 Å². The van der Waals surface area contributed by atoms with Gasteiger partial charge in [0.05, 0.1) is 23.5 Å². The van der Waals surface area contributed by atoms with Crippen LogP contribution < -0.4 is 5.32 Å². The molecule has 1 N–H and O–H groups in total. The smallest absolute Gasteiger partial charge is 0.311 e. The fourth-order valence-corrected chi connectivity index (χ4v) is 3.91. The minimum absolute atomic E-state index is 0.00275. The molecular weight excluding hydrogens is 296 g/mol. The van der Waals surface area contributed by atoms with Crippen molar-refractivity contribution in [2.75, 3.05) is 17.7 Å². The molecule has 1 unspecified atom stereocenters. The number of ether oxygens (including phenoxy) is 1. The number of hydrogen-bond donors (Lipinski definition) is 1. The zero-order chi connectivity index (χ0) is 14.6. The van der Waals surface area contributed by atoms with Crippen molar-refractivity contribution in [3.05, 3.63) is 11.1 Å². The number of thiazole rings is 1. The molecule has 0 aromatic carbocycles. The Bertz CT molecular complexity index is 496. The summed E-state index contributed by atoms with van der Waals surface area (Å²) in [5, 5.41) is 5.16. The van der Waals surface area contributed by atoms with Crippen LogP contribution in [0.3, 0.4) is 0 Å². The van der Waals surface area contributed by atoms with Gasteiger partial charge in [-0.05, 0) is 32.4 Å². The van der Waals surface area contributed by atoms with Crippen molar-refractivity contribution in [1.29, 1.82) is 0 Å². The first-order valence-electron chi connectivity index (χ1n) is 6.59. The average Bonchev–Trinajstić information content (AvgIpc) is 3.00. The summed E-state index contributed by atoms with van der Waals surface area (Å²) in [4.78, 5) is 27.8. The minimum Gasteiger partial charge on any atom is -0.466 e. The van der Waals surface area contributed by atoms with Crippen LogP contribution in [0.2, 0.25) is 0 Å². The molecular formula is C13H18N2O3S2. The van der Waals surface area contributed by atoms with Crippen LogP contribution in [0.4, 0.5) is 5.13 Å². The van der Waals surface area contributed by atoms with Crippen LogP contribution in [-0.2, 0) is 20.7 Å². The number of carbonyl (C=O) groups excluding carboxylic acids is 2. The number of carbonyl (C=O) groups is 2. The lowest BCUT2D eigenvalue weighted by atomic mass is 10.1. The molecule has 1 saturated heterocycles. The molecule has 1 aliphatic heterocycles. The van der Waals surface area contributed by atoms with Crippen LogP contribution >= 0.6 is 23.1 Å². The molecule has 1 aromatic heterocycles. The Kier molecular flexibility index (Phi) is 5.04. The van der Waals surface area contributed by atoms with Gasteiger partial charge in [-0.15, -0.1) is 23.1 Å². The van der Waals surface area contributed by atoms with E-state index in [0.717, 1.165) is 18.6 Å². The average molecular weight is 314 g/mol. The summed E-state index contributed by atoms with van der Waals surface area (Å²) < 4.78 is 4.51. The van der Waals surface area contributed by atoms with Gasteiger partial charge in [0.2, 0.25) is 5.91 Å². The zero-order valence-corrected chi connectivity index (χ0v) is 13.2. The van der Waals surface area contributed by atoms with Gasteiger partial charge in [0, 0.05) is 5.38 Å². The molecule has 0 saturated carbocycles. The summed E-state index contributed by atoms with van der Waals surface area (Å²) in [5.41, 5.74) is 0.632. The van der Waals surface area contributed by atoms with E-state index in [1.54, 1.807) is 24.1 Å². The molecule has 5 nitrogen and oxygen atoms in total. The molecule has 7 heteroatoms. The number of esters is 1. The van der Waals surface area contributed by atoms with E-state index in [4.69, 9.17) is 4.74 Å². The van der Waals surface area contributed by atoms with Crippen LogP contribution in [0.25, 0.3) is 0 Å². The summed E-state index contributed by atoms with van der Waals surface area (Å²) in [5.74, 6) is 0.724. The zero-order valence-electron chi connectivity index (χ0n) is 11.6. The number of anilines is 1. The van der Waals surface area contributed by atoms with Crippen molar-refractivity contribution in [2.24, 2.45) is 0 Å². The molecule has 1 fully saturated rings. The highest BCUT2D eigenvalue weighted by Gasteiger charge is 2.37. The molecule has 1 amide bonds. The van der Waals surface area contributed by atoms with E-state index in [2.05, 4.69) is 10.3 Å². The Hall–Kier alpha value is -1.08. The molecule has 0 radical (unpaired) electrons. The summed E-state index contributed by atoms with van der Waals surface area (Å²) >= 11 is 3.02. The number of aromatic nitrogens is 1. The molecule has 0 aliphatic carbocycles. The quantitative estimate of drug-likeness (QED) is 0.846. The lowest BCUT2D eigenvalue weighted by Gasteiger charge is -2.20. The Morgan fingerprint density at radius 3 is 3.00 bits per heavy atom. The molecule has 1 aromatic rings. The second-order valence-electron chi connectivity index (χ2n) is 4.76. The largest absolute Gasteiger partial charge is 0.466 e. The van der Waals surface area contributed by atoms with Gasteiger partial charge in [-0.3, -0.25) is 9.59 Å². The van der Waals surface area contributed by atoms with Gasteiger partial charge in [0.15, 0.2) is 5.13 Å². The van der Waals surface area contributed by atoms with Crippen LogP contribution in [0, 0.1) is 0 Å². The maximum Gasteiger partial charge on any atom is 0.311 e. The van der Waals surface area contributed by atoms with Gasteiger partial charge < -0.3 is 10.1 Å². The Morgan fingerprint density at radius 1 is 1.55 bits per heavy atom. The van der Waals surface area contributed by atoms with E-state index in [1.165, 1.54) is 11.3 Å². The van der Waals surface area contributed by atoms with Crippen molar-refractivity contribution in [3.63, 3.8) is 0 Å². The van der Waals surface area contributed by atoms with Crippen molar-refractivity contribution in [3.8, 4) is 0 Å². The van der Waals surface area contributed by atoms with Gasteiger partial charge in [-0.2, -0.15) is 0 Å². The third-order valence-electron chi connectivity index (χ3n) is 3.10. The van der Waals surface area contributed by atoms with E-state index < -0.39 is 0 Å². The second kappa shape index (κ2) is 6.58. The van der Waals surface area contributed by atoms with Crippen molar-refractivity contribution in [1.82, 2.24) is 4.98 Å². The number of rotatable bonds is 5. The third-order valence-corrected chi connectivity index (χ3v) is 5.43. The predicted molar refractivity (Wildman–Crippen MR) is 81.2 cm³/mol. The van der Waals surface area contributed by atoms with E-state index in [-0.39, 0.29) is 23.0 Å². The lowest BCUT2D eigenvalue weighted by molar-refractivity contribution is -0.142. The van der Waals surface area contributed by atoms with Gasteiger partial charge in [0.1, 0.15) is 0 Å². The molecule has 1 atom stereocenters. The fraction of sp³-hybridized carbons (Fsp3) is 0.615. The van der Waals surface area contributed by atoms with Gasteiger partial charge in [-0.25, -0.2) is 4.98 Å². The Labute approximate surface area is 126 Å². The van der Waals surface area contributed by atoms with Crippen LogP contribution in [-0.4, -0.2) is 34.0 Å².